The lowest BCUT2D eigenvalue weighted by atomic mass is 9.97. The first kappa shape index (κ1) is 31.3. The number of amides is 1. The Hall–Kier alpha value is -3.15. The molecule has 11 heteroatoms. The average Bonchev–Trinajstić information content (AvgIpc) is 2.99. The summed E-state index contributed by atoms with van der Waals surface area (Å²) in [6, 6.07) is 14.8. The summed E-state index contributed by atoms with van der Waals surface area (Å²) >= 11 is 0. The minimum atomic E-state index is -5.03. The van der Waals surface area contributed by atoms with Crippen LogP contribution in [0.4, 0.5) is 26.3 Å². The maximum Gasteiger partial charge on any atom is 0.416 e. The van der Waals surface area contributed by atoms with Crippen LogP contribution in [0.1, 0.15) is 40.4 Å². The quantitative estimate of drug-likeness (QED) is 0.293. The molecule has 2 atom stereocenters. The first-order valence-electron chi connectivity index (χ1n) is 14.5. The molecule has 1 amide bonds. The number of ether oxygens (including phenoxy) is 1. The average molecular weight is 608 g/mol. The molecule has 2 saturated heterocycles. The molecule has 3 aromatic rings. The van der Waals surface area contributed by atoms with Gasteiger partial charge in [0.15, 0.2) is 0 Å². The fraction of sp³-hybridized carbons (Fsp3) is 0.469. The highest BCUT2D eigenvalue weighted by Gasteiger charge is 2.39. The Labute approximate surface area is 247 Å². The number of carbonyl (C=O) groups is 1. The summed E-state index contributed by atoms with van der Waals surface area (Å²) in [5.74, 6) is -0.832. The first-order valence-corrected chi connectivity index (χ1v) is 14.5. The summed E-state index contributed by atoms with van der Waals surface area (Å²) in [4.78, 5) is 19.8. The SMILES string of the molecule is CC[C@H]1COCCN1CCN1CCN(C(=O)c2cc(C(F)(F)F)cc(C(F)(F)F)c2)[C@H](Cc2ccc3ccccc3c2)C1. The van der Waals surface area contributed by atoms with E-state index in [-0.39, 0.29) is 12.6 Å². The molecule has 43 heavy (non-hydrogen) atoms. The second-order valence-corrected chi connectivity index (χ2v) is 11.3. The van der Waals surface area contributed by atoms with Crippen molar-refractivity contribution in [3.63, 3.8) is 0 Å². The van der Waals surface area contributed by atoms with Crippen molar-refractivity contribution in [1.82, 2.24) is 14.7 Å². The lowest BCUT2D eigenvalue weighted by molar-refractivity contribution is -0.143. The number of benzene rings is 3. The zero-order valence-electron chi connectivity index (χ0n) is 23.9. The molecule has 0 bridgehead atoms. The number of hydrogen-bond acceptors (Lipinski definition) is 4. The number of hydrogen-bond donors (Lipinski definition) is 0. The Morgan fingerprint density at radius 1 is 0.837 bits per heavy atom. The summed E-state index contributed by atoms with van der Waals surface area (Å²) in [5, 5.41) is 2.06. The molecule has 0 aromatic heterocycles. The zero-order valence-corrected chi connectivity index (χ0v) is 23.9. The van der Waals surface area contributed by atoms with Crippen molar-refractivity contribution in [2.75, 3.05) is 52.5 Å². The summed E-state index contributed by atoms with van der Waals surface area (Å²) in [6.07, 6.45) is -8.69. The van der Waals surface area contributed by atoms with Gasteiger partial charge in [0.25, 0.3) is 5.91 Å². The minimum Gasteiger partial charge on any atom is -0.378 e. The number of fused-ring (bicyclic) bond motifs is 1. The van der Waals surface area contributed by atoms with E-state index < -0.39 is 41.0 Å². The van der Waals surface area contributed by atoms with Gasteiger partial charge in [-0.15, -0.1) is 0 Å². The molecule has 2 aliphatic rings. The van der Waals surface area contributed by atoms with Crippen molar-refractivity contribution in [2.24, 2.45) is 0 Å². The first-order chi connectivity index (χ1) is 20.4. The minimum absolute atomic E-state index is 0.0521. The molecule has 2 heterocycles. The molecule has 2 fully saturated rings. The Bertz CT molecular complexity index is 1390. The van der Waals surface area contributed by atoms with Gasteiger partial charge >= 0.3 is 12.4 Å². The predicted octanol–water partition coefficient (Wildman–Crippen LogP) is 6.36. The van der Waals surface area contributed by atoms with Gasteiger partial charge in [-0.25, -0.2) is 0 Å². The molecule has 232 valence electrons. The van der Waals surface area contributed by atoms with Crippen LogP contribution in [-0.2, 0) is 23.5 Å². The monoisotopic (exact) mass is 607 g/mol. The normalized spacial score (nSPS) is 21.0. The Kier molecular flexibility index (Phi) is 9.34. The Morgan fingerprint density at radius 2 is 1.53 bits per heavy atom. The van der Waals surface area contributed by atoms with Crippen LogP contribution in [-0.4, -0.2) is 85.2 Å². The molecule has 0 unspecified atom stereocenters. The number of rotatable bonds is 7. The summed E-state index contributed by atoms with van der Waals surface area (Å²) in [7, 11) is 0. The van der Waals surface area contributed by atoms with E-state index in [0.29, 0.717) is 50.9 Å². The maximum absolute atomic E-state index is 13.7. The molecule has 0 radical (unpaired) electrons. The van der Waals surface area contributed by atoms with Crippen molar-refractivity contribution in [3.8, 4) is 0 Å². The molecule has 5 nitrogen and oxygen atoms in total. The fourth-order valence-electron chi connectivity index (χ4n) is 6.08. The third-order valence-corrected chi connectivity index (χ3v) is 8.47. The van der Waals surface area contributed by atoms with Crippen LogP contribution in [0.5, 0.6) is 0 Å². The van der Waals surface area contributed by atoms with Crippen molar-refractivity contribution in [3.05, 3.63) is 82.9 Å². The van der Waals surface area contributed by atoms with Crippen molar-refractivity contribution in [1.29, 1.82) is 0 Å². The molecule has 0 aliphatic carbocycles. The van der Waals surface area contributed by atoms with Gasteiger partial charge in [0.1, 0.15) is 0 Å². The summed E-state index contributed by atoms with van der Waals surface area (Å²) < 4.78 is 87.0. The molecule has 2 aliphatic heterocycles. The number of morpholine rings is 1. The van der Waals surface area contributed by atoms with E-state index in [1.54, 1.807) is 0 Å². The van der Waals surface area contributed by atoms with Gasteiger partial charge in [0.05, 0.1) is 24.3 Å². The third kappa shape index (κ3) is 7.50. The summed E-state index contributed by atoms with van der Waals surface area (Å²) in [6.45, 7) is 6.94. The topological polar surface area (TPSA) is 36.0 Å². The fourth-order valence-corrected chi connectivity index (χ4v) is 6.08. The van der Waals surface area contributed by atoms with Crippen LogP contribution in [0, 0.1) is 0 Å². The molecule has 0 spiro atoms. The van der Waals surface area contributed by atoms with Gasteiger partial charge < -0.3 is 9.64 Å². The lowest BCUT2D eigenvalue weighted by Crippen LogP contribution is -2.57. The predicted molar refractivity (Wildman–Crippen MR) is 152 cm³/mol. The third-order valence-electron chi connectivity index (χ3n) is 8.47. The summed E-state index contributed by atoms with van der Waals surface area (Å²) in [5.41, 5.74) is -2.67. The van der Waals surface area contributed by atoms with Crippen LogP contribution in [0.15, 0.2) is 60.7 Å². The molecular formula is C32H35F6N3O2. The van der Waals surface area contributed by atoms with Crippen LogP contribution < -0.4 is 0 Å². The number of alkyl halides is 6. The van der Waals surface area contributed by atoms with Crippen molar-refractivity contribution in [2.45, 2.75) is 44.2 Å². The van der Waals surface area contributed by atoms with E-state index >= 15 is 0 Å². The molecular weight excluding hydrogens is 572 g/mol. The van der Waals surface area contributed by atoms with E-state index in [4.69, 9.17) is 4.74 Å². The maximum atomic E-state index is 13.7. The van der Waals surface area contributed by atoms with Gasteiger partial charge in [-0.05, 0) is 47.4 Å². The molecule has 3 aromatic carbocycles. The van der Waals surface area contributed by atoms with Gasteiger partial charge in [-0.2, -0.15) is 26.3 Å². The second-order valence-electron chi connectivity index (χ2n) is 11.3. The number of halogens is 6. The zero-order chi connectivity index (χ0) is 30.8. The van der Waals surface area contributed by atoms with Crippen LogP contribution in [0.2, 0.25) is 0 Å². The number of carbonyl (C=O) groups excluding carboxylic acids is 1. The van der Waals surface area contributed by atoms with Gasteiger partial charge in [-0.1, -0.05) is 49.4 Å². The van der Waals surface area contributed by atoms with E-state index in [2.05, 4.69) is 16.7 Å². The van der Waals surface area contributed by atoms with Crippen molar-refractivity contribution < 1.29 is 35.9 Å². The lowest BCUT2D eigenvalue weighted by Gasteiger charge is -2.43. The highest BCUT2D eigenvalue weighted by Crippen LogP contribution is 2.37. The number of piperazine rings is 1. The Morgan fingerprint density at radius 3 is 2.21 bits per heavy atom. The highest BCUT2D eigenvalue weighted by molar-refractivity contribution is 5.95. The molecule has 0 saturated carbocycles. The number of nitrogens with zero attached hydrogens (tertiary/aromatic N) is 3. The van der Waals surface area contributed by atoms with E-state index in [1.807, 2.05) is 42.5 Å². The highest BCUT2D eigenvalue weighted by atomic mass is 19.4. The molecule has 5 rings (SSSR count). The van der Waals surface area contributed by atoms with E-state index in [9.17, 15) is 31.1 Å². The van der Waals surface area contributed by atoms with Gasteiger partial charge in [0.2, 0.25) is 0 Å². The Balaban J connectivity index is 1.41. The van der Waals surface area contributed by atoms with Crippen molar-refractivity contribution >= 4 is 16.7 Å². The van der Waals surface area contributed by atoms with E-state index in [1.165, 1.54) is 4.90 Å². The largest absolute Gasteiger partial charge is 0.416 e. The second kappa shape index (κ2) is 12.8. The van der Waals surface area contributed by atoms with Gasteiger partial charge in [-0.3, -0.25) is 14.6 Å². The van der Waals surface area contributed by atoms with Crippen LogP contribution >= 0.6 is 0 Å². The van der Waals surface area contributed by atoms with Crippen LogP contribution in [0.3, 0.4) is 0 Å². The molecule has 0 N–H and O–H groups in total. The van der Waals surface area contributed by atoms with Crippen LogP contribution in [0.25, 0.3) is 10.8 Å². The van der Waals surface area contributed by atoms with Gasteiger partial charge in [0, 0.05) is 56.9 Å². The standard InChI is InChI=1S/C32H35F6N3O2/c1-2-28-21-43-14-13-40(28)11-9-39-10-12-41(29(20-39)16-22-7-8-23-5-3-4-6-24(23)15-22)30(42)25-17-26(31(33,34)35)19-27(18-25)32(36,37)38/h3-8,15,17-19,28-29H,2,9-14,16,20-21H2,1H3/t28-,29+/m0/s1. The smallest absolute Gasteiger partial charge is 0.378 e. The van der Waals surface area contributed by atoms with E-state index in [0.717, 1.165) is 42.4 Å².